The first-order chi connectivity index (χ1) is 12.3. The molecule has 6 nitrogen and oxygen atoms in total. The number of ether oxygens (including phenoxy) is 1. The number of carbonyl (C=O) groups excluding carboxylic acids is 1. The predicted molar refractivity (Wildman–Crippen MR) is 101 cm³/mol. The lowest BCUT2D eigenvalue weighted by Crippen LogP contribution is -2.47. The lowest BCUT2D eigenvalue weighted by atomic mass is 9.94. The van der Waals surface area contributed by atoms with Gasteiger partial charge >= 0.3 is 0 Å². The number of nitrogens with one attached hydrogen (secondary N) is 1. The van der Waals surface area contributed by atoms with Gasteiger partial charge < -0.3 is 15.0 Å². The molecule has 1 aliphatic rings. The summed E-state index contributed by atoms with van der Waals surface area (Å²) < 4.78 is 5.85. The Morgan fingerprint density at radius 3 is 2.73 bits per heavy atom. The molecule has 3 heterocycles. The van der Waals surface area contributed by atoms with Gasteiger partial charge in [-0.2, -0.15) is 0 Å². The summed E-state index contributed by atoms with van der Waals surface area (Å²) in [6.07, 6.45) is 3.34. The standard InChI is InChI=1S/C20H26N4O2/c1-14-6-5-9-21-18(14)23-15-7-8-16(22-12-15)17-13-24(10-11-26-17)19(25)20(2,3)4/h5-9,12,17H,10-11,13H2,1-4H3,(H,21,23)/t17-/m0/s1. The molecule has 0 saturated carbocycles. The summed E-state index contributed by atoms with van der Waals surface area (Å²) in [6, 6.07) is 7.82. The van der Waals surface area contributed by atoms with Crippen LogP contribution in [0.5, 0.6) is 0 Å². The van der Waals surface area contributed by atoms with Gasteiger partial charge in [-0.15, -0.1) is 0 Å². The third kappa shape index (κ3) is 4.19. The molecule has 138 valence electrons. The van der Waals surface area contributed by atoms with Gasteiger partial charge in [0.15, 0.2) is 0 Å². The van der Waals surface area contributed by atoms with Crippen LogP contribution in [-0.2, 0) is 9.53 Å². The van der Waals surface area contributed by atoms with Gasteiger partial charge in [0.1, 0.15) is 11.9 Å². The highest BCUT2D eigenvalue weighted by atomic mass is 16.5. The Kier molecular flexibility index (Phi) is 5.23. The van der Waals surface area contributed by atoms with Crippen molar-refractivity contribution in [2.75, 3.05) is 25.0 Å². The molecule has 6 heteroatoms. The first-order valence-electron chi connectivity index (χ1n) is 8.90. The first kappa shape index (κ1) is 18.3. The average Bonchev–Trinajstić information content (AvgIpc) is 2.63. The maximum Gasteiger partial charge on any atom is 0.228 e. The van der Waals surface area contributed by atoms with Crippen molar-refractivity contribution in [3.05, 3.63) is 47.9 Å². The van der Waals surface area contributed by atoms with Gasteiger partial charge in [-0.3, -0.25) is 9.78 Å². The molecule has 0 aliphatic carbocycles. The van der Waals surface area contributed by atoms with Gasteiger partial charge in [-0.25, -0.2) is 4.98 Å². The van der Waals surface area contributed by atoms with Crippen LogP contribution in [0.3, 0.4) is 0 Å². The van der Waals surface area contributed by atoms with Crippen LogP contribution in [0.2, 0.25) is 0 Å². The van der Waals surface area contributed by atoms with Crippen LogP contribution < -0.4 is 5.32 Å². The summed E-state index contributed by atoms with van der Waals surface area (Å²) in [6.45, 7) is 9.53. The number of aromatic nitrogens is 2. The zero-order chi connectivity index (χ0) is 18.7. The van der Waals surface area contributed by atoms with E-state index < -0.39 is 0 Å². The largest absolute Gasteiger partial charge is 0.368 e. The summed E-state index contributed by atoms with van der Waals surface area (Å²) in [5, 5.41) is 3.27. The van der Waals surface area contributed by atoms with Gasteiger partial charge in [0.25, 0.3) is 0 Å². The minimum Gasteiger partial charge on any atom is -0.368 e. The Hall–Kier alpha value is -2.47. The van der Waals surface area contributed by atoms with Crippen LogP contribution in [-0.4, -0.2) is 40.5 Å². The summed E-state index contributed by atoms with van der Waals surface area (Å²) in [7, 11) is 0. The summed E-state index contributed by atoms with van der Waals surface area (Å²) in [5.41, 5.74) is 2.39. The van der Waals surface area contributed by atoms with Crippen molar-refractivity contribution >= 4 is 17.4 Å². The number of nitrogens with zero attached hydrogens (tertiary/aromatic N) is 3. The van der Waals surface area contributed by atoms with Crippen molar-refractivity contribution in [1.29, 1.82) is 0 Å². The van der Waals surface area contributed by atoms with E-state index in [-0.39, 0.29) is 17.4 Å². The molecule has 3 rings (SSSR count). The number of aryl methyl sites for hydroxylation is 1. The normalized spacial score (nSPS) is 17.8. The molecule has 2 aromatic rings. The Morgan fingerprint density at radius 1 is 1.27 bits per heavy atom. The van der Waals surface area contributed by atoms with Gasteiger partial charge in [-0.05, 0) is 30.7 Å². The van der Waals surface area contributed by atoms with Crippen molar-refractivity contribution in [1.82, 2.24) is 14.9 Å². The van der Waals surface area contributed by atoms with E-state index in [0.717, 1.165) is 22.8 Å². The average molecular weight is 354 g/mol. The maximum atomic E-state index is 12.5. The molecule has 1 saturated heterocycles. The van der Waals surface area contributed by atoms with Gasteiger partial charge in [0.2, 0.25) is 5.91 Å². The number of hydrogen-bond donors (Lipinski definition) is 1. The van der Waals surface area contributed by atoms with E-state index in [0.29, 0.717) is 19.7 Å². The van der Waals surface area contributed by atoms with E-state index >= 15 is 0 Å². The molecule has 1 atom stereocenters. The SMILES string of the molecule is Cc1cccnc1Nc1ccc([C@@H]2CN(C(=O)C(C)(C)C)CCO2)nc1. The summed E-state index contributed by atoms with van der Waals surface area (Å²) >= 11 is 0. The van der Waals surface area contributed by atoms with Crippen LogP contribution in [0.1, 0.15) is 38.1 Å². The molecule has 0 bridgehead atoms. The quantitative estimate of drug-likeness (QED) is 0.914. The van der Waals surface area contributed by atoms with Crippen molar-refractivity contribution < 1.29 is 9.53 Å². The smallest absolute Gasteiger partial charge is 0.228 e. The highest BCUT2D eigenvalue weighted by Gasteiger charge is 2.32. The topological polar surface area (TPSA) is 67.4 Å². The van der Waals surface area contributed by atoms with E-state index in [9.17, 15) is 4.79 Å². The van der Waals surface area contributed by atoms with Gasteiger partial charge in [0.05, 0.1) is 30.7 Å². The van der Waals surface area contributed by atoms with E-state index in [4.69, 9.17) is 4.74 Å². The molecule has 2 aromatic heterocycles. The van der Waals surface area contributed by atoms with Crippen LogP contribution in [0.15, 0.2) is 36.7 Å². The lowest BCUT2D eigenvalue weighted by molar-refractivity contribution is -0.147. The first-order valence-corrected chi connectivity index (χ1v) is 8.90. The number of rotatable bonds is 3. The fraction of sp³-hybridized carbons (Fsp3) is 0.450. The van der Waals surface area contributed by atoms with Crippen molar-refractivity contribution in [3.8, 4) is 0 Å². The second-order valence-electron chi connectivity index (χ2n) is 7.63. The van der Waals surface area contributed by atoms with Crippen molar-refractivity contribution in [2.45, 2.75) is 33.8 Å². The fourth-order valence-electron chi connectivity index (χ4n) is 2.91. The van der Waals surface area contributed by atoms with Crippen LogP contribution in [0.25, 0.3) is 0 Å². The number of morpholine rings is 1. The Bertz CT molecular complexity index is 768. The summed E-state index contributed by atoms with van der Waals surface area (Å²) in [5.74, 6) is 0.965. The Morgan fingerprint density at radius 2 is 2.08 bits per heavy atom. The minimum atomic E-state index is -0.385. The molecule has 0 spiro atoms. The molecule has 26 heavy (non-hydrogen) atoms. The fourth-order valence-corrected chi connectivity index (χ4v) is 2.91. The predicted octanol–water partition coefficient (Wildman–Crippen LogP) is 3.47. The van der Waals surface area contributed by atoms with E-state index in [1.807, 2.05) is 56.9 Å². The highest BCUT2D eigenvalue weighted by molar-refractivity contribution is 5.81. The summed E-state index contributed by atoms with van der Waals surface area (Å²) in [4.78, 5) is 23.3. The molecule has 0 aromatic carbocycles. The van der Waals surface area contributed by atoms with E-state index in [1.165, 1.54) is 0 Å². The van der Waals surface area contributed by atoms with Gasteiger partial charge in [-0.1, -0.05) is 26.8 Å². The maximum absolute atomic E-state index is 12.5. The molecule has 0 unspecified atom stereocenters. The molecule has 0 radical (unpaired) electrons. The third-order valence-electron chi connectivity index (χ3n) is 4.38. The molecular weight excluding hydrogens is 328 g/mol. The minimum absolute atomic E-state index is 0.148. The molecule has 1 amide bonds. The highest BCUT2D eigenvalue weighted by Crippen LogP contribution is 2.26. The number of pyridine rings is 2. The molecule has 1 aliphatic heterocycles. The van der Waals surface area contributed by atoms with E-state index in [2.05, 4.69) is 15.3 Å². The number of hydrogen-bond acceptors (Lipinski definition) is 5. The van der Waals surface area contributed by atoms with Crippen LogP contribution in [0.4, 0.5) is 11.5 Å². The van der Waals surface area contributed by atoms with Gasteiger partial charge in [0, 0.05) is 18.2 Å². The van der Waals surface area contributed by atoms with Crippen molar-refractivity contribution in [2.24, 2.45) is 5.41 Å². The van der Waals surface area contributed by atoms with Crippen molar-refractivity contribution in [3.63, 3.8) is 0 Å². The third-order valence-corrected chi connectivity index (χ3v) is 4.38. The molecule has 1 fully saturated rings. The molecular formula is C20H26N4O2. The van der Waals surface area contributed by atoms with Crippen LogP contribution in [0, 0.1) is 12.3 Å². The number of anilines is 2. The number of carbonyl (C=O) groups is 1. The number of amides is 1. The second-order valence-corrected chi connectivity index (χ2v) is 7.63. The Balaban J connectivity index is 1.68. The lowest BCUT2D eigenvalue weighted by Gasteiger charge is -2.36. The monoisotopic (exact) mass is 354 g/mol. The zero-order valence-electron chi connectivity index (χ0n) is 15.8. The van der Waals surface area contributed by atoms with Crippen LogP contribution >= 0.6 is 0 Å². The van der Waals surface area contributed by atoms with E-state index in [1.54, 1.807) is 12.4 Å². The zero-order valence-corrected chi connectivity index (χ0v) is 15.8. The second kappa shape index (κ2) is 7.41. The molecule has 1 N–H and O–H groups in total. The Labute approximate surface area is 154 Å².